The first-order valence-electron chi connectivity index (χ1n) is 9.41. The van der Waals surface area contributed by atoms with Crippen molar-refractivity contribution in [2.24, 2.45) is 0 Å². The van der Waals surface area contributed by atoms with Gasteiger partial charge in [0.2, 0.25) is 0 Å². The molecule has 0 unspecified atom stereocenters. The summed E-state index contributed by atoms with van der Waals surface area (Å²) in [5.74, 6) is -0.782. The van der Waals surface area contributed by atoms with Crippen LogP contribution >= 0.6 is 23.2 Å². The average Bonchev–Trinajstić information content (AvgIpc) is 2.83. The number of carbonyl (C=O) groups is 1. The minimum Gasteiger partial charge on any atom is -0.497 e. The number of benzene rings is 2. The fourth-order valence-electron chi connectivity index (χ4n) is 3.08. The van der Waals surface area contributed by atoms with Crippen molar-refractivity contribution in [1.29, 1.82) is 0 Å². The van der Waals surface area contributed by atoms with Gasteiger partial charge in [0.15, 0.2) is 28.9 Å². The van der Waals surface area contributed by atoms with E-state index >= 15 is 4.39 Å². The van der Waals surface area contributed by atoms with Gasteiger partial charge in [0.1, 0.15) is 16.5 Å². The zero-order valence-electron chi connectivity index (χ0n) is 18.4. The maximum Gasteiger partial charge on any atom is 0.358 e. The van der Waals surface area contributed by atoms with E-state index in [1.165, 1.54) is 40.6 Å². The molecular weight excluding hydrogens is 476 g/mol. The second kappa shape index (κ2) is 10.1. The SMILES string of the molecule is COC(=O)c1nc(-c2ccc(Cl)c(OC)c2F)nc(N(C)c2ccc(OC)cc2OC)c1Cl. The highest BCUT2D eigenvalue weighted by Gasteiger charge is 2.26. The number of hydrogen-bond acceptors (Lipinski definition) is 8. The highest BCUT2D eigenvalue weighted by atomic mass is 35.5. The molecule has 0 radical (unpaired) electrons. The first-order chi connectivity index (χ1) is 15.8. The van der Waals surface area contributed by atoms with Gasteiger partial charge in [-0.15, -0.1) is 0 Å². The lowest BCUT2D eigenvalue weighted by Crippen LogP contribution is -2.17. The van der Waals surface area contributed by atoms with Crippen molar-refractivity contribution in [1.82, 2.24) is 9.97 Å². The van der Waals surface area contributed by atoms with E-state index in [9.17, 15) is 4.79 Å². The third-order valence-corrected chi connectivity index (χ3v) is 5.42. The van der Waals surface area contributed by atoms with E-state index in [0.29, 0.717) is 17.2 Å². The molecule has 3 rings (SSSR count). The van der Waals surface area contributed by atoms with Crippen LogP contribution in [-0.4, -0.2) is 51.4 Å². The van der Waals surface area contributed by atoms with Crippen LogP contribution in [-0.2, 0) is 4.74 Å². The molecular formula is C22H20Cl2FN3O5. The number of rotatable bonds is 7. The quantitative estimate of drug-likeness (QED) is 0.415. The van der Waals surface area contributed by atoms with Gasteiger partial charge in [-0.05, 0) is 24.3 Å². The first kappa shape index (κ1) is 24.3. The van der Waals surface area contributed by atoms with Crippen LogP contribution in [0.4, 0.5) is 15.9 Å². The third-order valence-electron chi connectivity index (χ3n) is 4.77. The van der Waals surface area contributed by atoms with Gasteiger partial charge in [0.05, 0.1) is 44.7 Å². The number of hydrogen-bond donors (Lipinski definition) is 0. The molecule has 2 aromatic carbocycles. The van der Waals surface area contributed by atoms with Crippen LogP contribution in [0.15, 0.2) is 30.3 Å². The Hall–Kier alpha value is -3.30. The van der Waals surface area contributed by atoms with Crippen LogP contribution in [0, 0.1) is 5.82 Å². The van der Waals surface area contributed by atoms with E-state index in [-0.39, 0.29) is 38.7 Å². The van der Waals surface area contributed by atoms with Crippen LogP contribution in [0.2, 0.25) is 10.0 Å². The van der Waals surface area contributed by atoms with Crippen LogP contribution in [0.5, 0.6) is 17.2 Å². The highest BCUT2D eigenvalue weighted by molar-refractivity contribution is 6.35. The second-order valence-electron chi connectivity index (χ2n) is 6.56. The summed E-state index contributed by atoms with van der Waals surface area (Å²) in [6.07, 6.45) is 0. The molecule has 0 amide bonds. The van der Waals surface area contributed by atoms with Crippen molar-refractivity contribution < 1.29 is 28.1 Å². The summed E-state index contributed by atoms with van der Waals surface area (Å²) in [5, 5.41) is -0.0199. The topological polar surface area (TPSA) is 83.0 Å². The number of esters is 1. The van der Waals surface area contributed by atoms with Gasteiger partial charge in [0.25, 0.3) is 0 Å². The normalized spacial score (nSPS) is 10.5. The third kappa shape index (κ3) is 4.60. The minimum atomic E-state index is -0.818. The highest BCUT2D eigenvalue weighted by Crippen LogP contribution is 2.40. The summed E-state index contributed by atoms with van der Waals surface area (Å²) >= 11 is 12.5. The molecule has 0 aliphatic heterocycles. The standard InChI is InChI=1S/C22H20Cl2FN3O5/c1-28(14-9-6-11(30-2)10-15(14)31-3)21-16(24)18(22(29)33-5)26-20(27-21)12-7-8-13(23)19(32-4)17(12)25/h6-10H,1-5H3. The summed E-state index contributed by atoms with van der Waals surface area (Å²) in [7, 11) is 7.15. The number of aromatic nitrogens is 2. The molecule has 0 aliphatic rings. The summed E-state index contributed by atoms with van der Waals surface area (Å²) in [6.45, 7) is 0. The Morgan fingerprint density at radius 2 is 1.73 bits per heavy atom. The average molecular weight is 496 g/mol. The van der Waals surface area contributed by atoms with Crippen molar-refractivity contribution in [3.8, 4) is 28.6 Å². The number of nitrogens with zero attached hydrogens (tertiary/aromatic N) is 3. The van der Waals surface area contributed by atoms with Gasteiger partial charge in [0, 0.05) is 13.1 Å². The van der Waals surface area contributed by atoms with Gasteiger partial charge < -0.3 is 23.8 Å². The molecule has 0 aliphatic carbocycles. The zero-order chi connectivity index (χ0) is 24.3. The Morgan fingerprint density at radius 3 is 2.33 bits per heavy atom. The van der Waals surface area contributed by atoms with Crippen molar-refractivity contribution in [3.63, 3.8) is 0 Å². The molecule has 8 nitrogen and oxygen atoms in total. The molecule has 0 spiro atoms. The number of halogens is 3. The van der Waals surface area contributed by atoms with Crippen LogP contribution < -0.4 is 19.1 Å². The van der Waals surface area contributed by atoms with Gasteiger partial charge in [-0.1, -0.05) is 23.2 Å². The monoisotopic (exact) mass is 495 g/mol. The van der Waals surface area contributed by atoms with E-state index in [1.54, 1.807) is 30.1 Å². The van der Waals surface area contributed by atoms with E-state index in [0.717, 1.165) is 0 Å². The molecule has 1 aromatic heterocycles. The lowest BCUT2D eigenvalue weighted by molar-refractivity contribution is 0.0594. The van der Waals surface area contributed by atoms with Gasteiger partial charge in [-0.2, -0.15) is 0 Å². The Balaban J connectivity index is 2.26. The van der Waals surface area contributed by atoms with Crippen molar-refractivity contribution in [3.05, 3.63) is 51.9 Å². The van der Waals surface area contributed by atoms with Crippen LogP contribution in [0.3, 0.4) is 0 Å². The number of methoxy groups -OCH3 is 4. The summed E-state index contributed by atoms with van der Waals surface area (Å²) < 4.78 is 35.6. The molecule has 0 bridgehead atoms. The molecule has 0 N–H and O–H groups in total. The summed E-state index contributed by atoms with van der Waals surface area (Å²) in [5.41, 5.74) is 0.260. The van der Waals surface area contributed by atoms with Gasteiger partial charge in [-0.25, -0.2) is 19.2 Å². The summed E-state index contributed by atoms with van der Waals surface area (Å²) in [4.78, 5) is 22.6. The Morgan fingerprint density at radius 1 is 1.00 bits per heavy atom. The number of anilines is 2. The molecule has 0 atom stereocenters. The fourth-order valence-corrected chi connectivity index (χ4v) is 3.59. The fraction of sp³-hybridized carbons (Fsp3) is 0.227. The predicted octanol–water partition coefficient (Wildman–Crippen LogP) is 5.17. The van der Waals surface area contributed by atoms with Crippen LogP contribution in [0.25, 0.3) is 11.4 Å². The molecule has 174 valence electrons. The second-order valence-corrected chi connectivity index (χ2v) is 7.35. The summed E-state index contributed by atoms with van der Waals surface area (Å²) in [6, 6.07) is 7.92. The largest absolute Gasteiger partial charge is 0.497 e. The van der Waals surface area contributed by atoms with E-state index < -0.39 is 11.8 Å². The molecule has 0 fully saturated rings. The maximum atomic E-state index is 15.1. The molecule has 3 aromatic rings. The maximum absolute atomic E-state index is 15.1. The molecule has 0 saturated carbocycles. The molecule has 0 saturated heterocycles. The van der Waals surface area contributed by atoms with E-state index in [2.05, 4.69) is 9.97 Å². The van der Waals surface area contributed by atoms with E-state index in [4.69, 9.17) is 42.1 Å². The predicted molar refractivity (Wildman–Crippen MR) is 123 cm³/mol. The number of ether oxygens (including phenoxy) is 4. The van der Waals surface area contributed by atoms with Crippen molar-refractivity contribution >= 4 is 40.7 Å². The minimum absolute atomic E-state index is 0.0468. The zero-order valence-corrected chi connectivity index (χ0v) is 19.9. The first-order valence-corrected chi connectivity index (χ1v) is 10.2. The molecule has 11 heteroatoms. The smallest absolute Gasteiger partial charge is 0.358 e. The van der Waals surface area contributed by atoms with Gasteiger partial charge in [-0.3, -0.25) is 0 Å². The van der Waals surface area contributed by atoms with Crippen LogP contribution in [0.1, 0.15) is 10.5 Å². The number of carbonyl (C=O) groups excluding carboxylic acids is 1. The van der Waals surface area contributed by atoms with E-state index in [1.807, 2.05) is 0 Å². The van der Waals surface area contributed by atoms with Crippen molar-refractivity contribution in [2.45, 2.75) is 0 Å². The van der Waals surface area contributed by atoms with Crippen molar-refractivity contribution in [2.75, 3.05) is 40.4 Å². The Labute approximate surface area is 199 Å². The molecule has 1 heterocycles. The Bertz CT molecular complexity index is 1210. The lowest BCUT2D eigenvalue weighted by Gasteiger charge is -2.23. The van der Waals surface area contributed by atoms with Gasteiger partial charge >= 0.3 is 5.97 Å². The lowest BCUT2D eigenvalue weighted by atomic mass is 10.1. The Kier molecular flexibility index (Phi) is 7.45. The molecule has 33 heavy (non-hydrogen) atoms.